The number of rotatable bonds is 3. The van der Waals surface area contributed by atoms with Gasteiger partial charge < -0.3 is 10.4 Å². The van der Waals surface area contributed by atoms with Crippen molar-refractivity contribution in [2.24, 2.45) is 0 Å². The Balaban J connectivity index is 2.46. The molecule has 5 nitrogen and oxygen atoms in total. The molecule has 0 saturated carbocycles. The van der Waals surface area contributed by atoms with Gasteiger partial charge in [-0.05, 0) is 6.92 Å². The van der Waals surface area contributed by atoms with Gasteiger partial charge in [-0.2, -0.15) is 0 Å². The van der Waals surface area contributed by atoms with Crippen LogP contribution < -0.4 is 5.32 Å². The average Bonchev–Trinajstić information content (AvgIpc) is 2.40. The van der Waals surface area contributed by atoms with Crippen molar-refractivity contribution in [3.8, 4) is 0 Å². The molecule has 0 heterocycles. The number of Topliss-reactive ketones (excluding diaryl/α,β-unsaturated/α-hetero) is 2. The molecule has 6 heteroatoms. The number of fused-ring (bicyclic) bond motifs is 1. The van der Waals surface area contributed by atoms with Crippen LogP contribution in [0.15, 0.2) is 35.0 Å². The fraction of sp³-hybridized carbons (Fsp3) is 0.154. The molecule has 0 aliphatic heterocycles. The average molecular weight is 280 g/mol. The molecule has 19 heavy (non-hydrogen) atoms. The second-order valence-electron chi connectivity index (χ2n) is 4.10. The number of carboxylic acids is 1. The highest BCUT2D eigenvalue weighted by atomic mass is 35.5. The molecule has 0 amide bonds. The molecule has 0 saturated heterocycles. The van der Waals surface area contributed by atoms with E-state index in [1.165, 1.54) is 19.1 Å². The lowest BCUT2D eigenvalue weighted by atomic mass is 9.92. The smallest absolute Gasteiger partial charge is 0.325 e. The molecular weight excluding hydrogens is 270 g/mol. The molecule has 1 atom stereocenters. The fourth-order valence-corrected chi connectivity index (χ4v) is 1.99. The van der Waals surface area contributed by atoms with Crippen LogP contribution in [-0.2, 0) is 4.79 Å². The molecule has 0 spiro atoms. The summed E-state index contributed by atoms with van der Waals surface area (Å²) in [4.78, 5) is 35.0. The largest absolute Gasteiger partial charge is 0.480 e. The molecular formula is C13H10ClNO4. The van der Waals surface area contributed by atoms with Crippen molar-refractivity contribution >= 4 is 29.1 Å². The van der Waals surface area contributed by atoms with E-state index in [0.717, 1.165) is 0 Å². The highest BCUT2D eigenvalue weighted by Crippen LogP contribution is 2.27. The summed E-state index contributed by atoms with van der Waals surface area (Å²) in [5.41, 5.74) is 0.281. The zero-order valence-electron chi connectivity index (χ0n) is 9.94. The lowest BCUT2D eigenvalue weighted by Crippen LogP contribution is -2.38. The van der Waals surface area contributed by atoms with Gasteiger partial charge in [-0.15, -0.1) is 0 Å². The Morgan fingerprint density at radius 3 is 2.26 bits per heavy atom. The van der Waals surface area contributed by atoms with E-state index in [0.29, 0.717) is 0 Å². The highest BCUT2D eigenvalue weighted by molar-refractivity contribution is 6.49. The first-order valence-electron chi connectivity index (χ1n) is 5.51. The number of hydrogen-bond donors (Lipinski definition) is 2. The zero-order valence-corrected chi connectivity index (χ0v) is 10.7. The Morgan fingerprint density at radius 2 is 1.74 bits per heavy atom. The summed E-state index contributed by atoms with van der Waals surface area (Å²) in [6, 6.07) is 5.25. The fourth-order valence-electron chi connectivity index (χ4n) is 1.75. The Hall–Kier alpha value is -2.14. The van der Waals surface area contributed by atoms with Crippen LogP contribution in [0.3, 0.4) is 0 Å². The van der Waals surface area contributed by atoms with Gasteiger partial charge in [0.25, 0.3) is 0 Å². The Kier molecular flexibility index (Phi) is 3.40. The van der Waals surface area contributed by atoms with Gasteiger partial charge in [-0.1, -0.05) is 35.9 Å². The van der Waals surface area contributed by atoms with Gasteiger partial charge in [0.05, 0.1) is 0 Å². The maximum atomic E-state index is 12.2. The number of allylic oxidation sites excluding steroid dienone is 2. The maximum Gasteiger partial charge on any atom is 0.325 e. The number of ketones is 2. The number of aliphatic carboxylic acids is 1. The molecule has 98 valence electrons. The minimum atomic E-state index is -1.14. The lowest BCUT2D eigenvalue weighted by Gasteiger charge is -2.20. The molecule has 2 rings (SSSR count). The summed E-state index contributed by atoms with van der Waals surface area (Å²) in [5, 5.41) is 11.0. The summed E-state index contributed by atoms with van der Waals surface area (Å²) in [6.07, 6.45) is 0. The monoisotopic (exact) mass is 279 g/mol. The molecule has 0 aromatic heterocycles. The quantitative estimate of drug-likeness (QED) is 0.878. The normalized spacial score (nSPS) is 16.1. The van der Waals surface area contributed by atoms with Gasteiger partial charge in [0.15, 0.2) is 0 Å². The maximum absolute atomic E-state index is 12.2. The summed E-state index contributed by atoms with van der Waals surface area (Å²) in [7, 11) is 0. The summed E-state index contributed by atoms with van der Waals surface area (Å²) >= 11 is 5.86. The van der Waals surface area contributed by atoms with Gasteiger partial charge >= 0.3 is 5.97 Å². The van der Waals surface area contributed by atoms with Crippen molar-refractivity contribution in [3.63, 3.8) is 0 Å². The van der Waals surface area contributed by atoms with Crippen LogP contribution >= 0.6 is 11.6 Å². The van der Waals surface area contributed by atoms with E-state index < -0.39 is 23.6 Å². The number of benzene rings is 1. The molecule has 1 aromatic rings. The van der Waals surface area contributed by atoms with Gasteiger partial charge in [0, 0.05) is 11.1 Å². The molecule has 2 N–H and O–H groups in total. The lowest BCUT2D eigenvalue weighted by molar-refractivity contribution is -0.138. The van der Waals surface area contributed by atoms with Crippen LogP contribution in [0.2, 0.25) is 0 Å². The van der Waals surface area contributed by atoms with Crippen LogP contribution in [0.1, 0.15) is 27.6 Å². The number of carbonyl (C=O) groups is 3. The summed E-state index contributed by atoms with van der Waals surface area (Å²) < 4.78 is 0. The first kappa shape index (κ1) is 13.3. The van der Waals surface area contributed by atoms with Crippen LogP contribution in [0.5, 0.6) is 0 Å². The second-order valence-corrected chi connectivity index (χ2v) is 4.48. The van der Waals surface area contributed by atoms with Crippen molar-refractivity contribution in [3.05, 3.63) is 46.1 Å². The van der Waals surface area contributed by atoms with Gasteiger partial charge in [-0.3, -0.25) is 14.4 Å². The van der Waals surface area contributed by atoms with Crippen LogP contribution in [-0.4, -0.2) is 28.7 Å². The van der Waals surface area contributed by atoms with E-state index >= 15 is 0 Å². The predicted octanol–water partition coefficient (Wildman–Crippen LogP) is 1.58. The Morgan fingerprint density at radius 1 is 1.21 bits per heavy atom. The number of nitrogens with one attached hydrogen (secondary N) is 1. The first-order valence-corrected chi connectivity index (χ1v) is 5.88. The van der Waals surface area contributed by atoms with Gasteiger partial charge in [0.1, 0.15) is 16.8 Å². The second kappa shape index (κ2) is 4.85. The number of hydrogen-bond acceptors (Lipinski definition) is 4. The first-order chi connectivity index (χ1) is 8.93. The van der Waals surface area contributed by atoms with Crippen LogP contribution in [0.25, 0.3) is 0 Å². The SMILES string of the molecule is C[C@H](NC1=C(Cl)C(=O)c2ccccc2C1=O)C(=O)O. The topological polar surface area (TPSA) is 83.5 Å². The molecule has 0 radical (unpaired) electrons. The van der Waals surface area contributed by atoms with E-state index in [9.17, 15) is 14.4 Å². The summed E-state index contributed by atoms with van der Waals surface area (Å²) in [5.74, 6) is -2.11. The Bertz CT molecular complexity index is 621. The molecule has 1 aromatic carbocycles. The van der Waals surface area contributed by atoms with E-state index in [1.54, 1.807) is 12.1 Å². The number of carboxylic acid groups (broad SMARTS) is 1. The van der Waals surface area contributed by atoms with E-state index in [2.05, 4.69) is 5.32 Å². The van der Waals surface area contributed by atoms with Crippen molar-refractivity contribution in [2.45, 2.75) is 13.0 Å². The van der Waals surface area contributed by atoms with Crippen LogP contribution in [0, 0.1) is 0 Å². The predicted molar refractivity (Wildman–Crippen MR) is 68.2 cm³/mol. The molecule has 1 aliphatic rings. The van der Waals surface area contributed by atoms with Crippen LogP contribution in [0.4, 0.5) is 0 Å². The van der Waals surface area contributed by atoms with Crippen molar-refractivity contribution < 1.29 is 19.5 Å². The summed E-state index contributed by atoms with van der Waals surface area (Å²) in [6.45, 7) is 1.36. The minimum absolute atomic E-state index is 0.166. The van der Waals surface area contributed by atoms with Crippen molar-refractivity contribution in [1.82, 2.24) is 5.32 Å². The van der Waals surface area contributed by atoms with Crippen molar-refractivity contribution in [2.75, 3.05) is 0 Å². The van der Waals surface area contributed by atoms with E-state index in [-0.39, 0.29) is 21.9 Å². The molecule has 1 aliphatic carbocycles. The highest BCUT2D eigenvalue weighted by Gasteiger charge is 2.32. The number of carbonyl (C=O) groups excluding carboxylic acids is 2. The molecule has 0 fully saturated rings. The van der Waals surface area contributed by atoms with Gasteiger partial charge in [-0.25, -0.2) is 0 Å². The zero-order chi connectivity index (χ0) is 14.2. The molecule has 0 unspecified atom stereocenters. The standard InChI is InChI=1S/C13H10ClNO4/c1-6(13(18)19)15-10-9(14)11(16)7-4-2-3-5-8(7)12(10)17/h2-6,15H,1H3,(H,18,19)/t6-/m0/s1. The Labute approximate surface area is 113 Å². The van der Waals surface area contributed by atoms with E-state index in [4.69, 9.17) is 16.7 Å². The number of halogens is 1. The van der Waals surface area contributed by atoms with Gasteiger partial charge in [0.2, 0.25) is 11.6 Å². The molecule has 0 bridgehead atoms. The third kappa shape index (κ3) is 2.24. The third-order valence-electron chi connectivity index (χ3n) is 2.79. The van der Waals surface area contributed by atoms with E-state index in [1.807, 2.05) is 0 Å². The minimum Gasteiger partial charge on any atom is -0.480 e. The third-order valence-corrected chi connectivity index (χ3v) is 3.15. The van der Waals surface area contributed by atoms with Crippen molar-refractivity contribution in [1.29, 1.82) is 0 Å².